The Kier molecular flexibility index (Phi) is 6.19. The number of rotatable bonds is 7. The molecule has 0 fully saturated rings. The number of anilines is 1. The summed E-state index contributed by atoms with van der Waals surface area (Å²) in [4.78, 5) is 24.5. The van der Waals surface area contributed by atoms with Crippen LogP contribution in [0.1, 0.15) is 37.3 Å². The number of aryl methyl sites for hydroxylation is 1. The Morgan fingerprint density at radius 1 is 1.00 bits per heavy atom. The Labute approximate surface area is 165 Å². The van der Waals surface area contributed by atoms with Gasteiger partial charge in [-0.25, -0.2) is 0 Å². The van der Waals surface area contributed by atoms with Gasteiger partial charge in [-0.15, -0.1) is 0 Å². The van der Waals surface area contributed by atoms with E-state index in [-0.39, 0.29) is 31.1 Å². The van der Waals surface area contributed by atoms with E-state index in [1.807, 2.05) is 6.92 Å². The maximum Gasteiger partial charge on any atom is 0.243 e. The average molecular weight is 382 g/mol. The highest BCUT2D eigenvalue weighted by Gasteiger charge is 2.20. The van der Waals surface area contributed by atoms with Crippen LogP contribution in [-0.2, 0) is 9.59 Å². The molecule has 3 rings (SSSR count). The normalized spacial score (nSPS) is 13.3. The van der Waals surface area contributed by atoms with Crippen molar-refractivity contribution in [3.05, 3.63) is 53.6 Å². The van der Waals surface area contributed by atoms with Gasteiger partial charge in [0.2, 0.25) is 18.6 Å². The molecular weight excluding hydrogens is 356 g/mol. The van der Waals surface area contributed by atoms with E-state index in [2.05, 4.69) is 48.7 Å². The lowest BCUT2D eigenvalue weighted by Crippen LogP contribution is -2.34. The number of amides is 2. The van der Waals surface area contributed by atoms with Gasteiger partial charge in [-0.05, 0) is 36.5 Å². The Morgan fingerprint density at radius 2 is 1.71 bits per heavy atom. The molecule has 1 heterocycles. The number of ether oxygens (including phenoxy) is 2. The molecule has 6 heteroatoms. The molecule has 0 aliphatic carbocycles. The van der Waals surface area contributed by atoms with Crippen LogP contribution in [0, 0.1) is 12.8 Å². The molecule has 6 nitrogen and oxygen atoms in total. The fourth-order valence-electron chi connectivity index (χ4n) is 3.18. The van der Waals surface area contributed by atoms with E-state index >= 15 is 0 Å². The van der Waals surface area contributed by atoms with E-state index in [0.29, 0.717) is 29.5 Å². The van der Waals surface area contributed by atoms with Crippen molar-refractivity contribution < 1.29 is 19.1 Å². The lowest BCUT2D eigenvalue weighted by molar-refractivity contribution is -0.124. The third-order valence-corrected chi connectivity index (χ3v) is 4.82. The molecule has 0 spiro atoms. The summed E-state index contributed by atoms with van der Waals surface area (Å²) in [7, 11) is 0. The molecule has 2 aromatic rings. The number of hydrogen-bond acceptors (Lipinski definition) is 4. The molecule has 2 aromatic carbocycles. The van der Waals surface area contributed by atoms with Crippen LogP contribution in [-0.4, -0.2) is 25.2 Å². The maximum atomic E-state index is 12.4. The predicted molar refractivity (Wildman–Crippen MR) is 108 cm³/mol. The zero-order chi connectivity index (χ0) is 20.1. The molecule has 0 saturated heterocycles. The van der Waals surface area contributed by atoms with Gasteiger partial charge in [0, 0.05) is 18.2 Å². The molecule has 2 N–H and O–H groups in total. The molecule has 28 heavy (non-hydrogen) atoms. The molecule has 1 unspecified atom stereocenters. The number of carbonyl (C=O) groups excluding carboxylic acids is 2. The summed E-state index contributed by atoms with van der Waals surface area (Å²) in [6.07, 6.45) is 0.345. The zero-order valence-electron chi connectivity index (χ0n) is 16.5. The first-order chi connectivity index (χ1) is 13.4. The van der Waals surface area contributed by atoms with E-state index in [1.165, 1.54) is 5.56 Å². The maximum absolute atomic E-state index is 12.4. The third-order valence-electron chi connectivity index (χ3n) is 4.82. The largest absolute Gasteiger partial charge is 0.454 e. The number of hydrogen-bond donors (Lipinski definition) is 2. The fourth-order valence-corrected chi connectivity index (χ4v) is 3.18. The lowest BCUT2D eigenvalue weighted by Gasteiger charge is -2.21. The molecule has 0 radical (unpaired) electrons. The van der Waals surface area contributed by atoms with Crippen molar-refractivity contribution in [2.45, 2.75) is 33.1 Å². The van der Waals surface area contributed by atoms with Crippen molar-refractivity contribution >= 4 is 17.5 Å². The summed E-state index contributed by atoms with van der Waals surface area (Å²) in [6, 6.07) is 13.4. The first kappa shape index (κ1) is 19.7. The van der Waals surface area contributed by atoms with Gasteiger partial charge in [0.1, 0.15) is 0 Å². The highest BCUT2D eigenvalue weighted by atomic mass is 16.7. The van der Waals surface area contributed by atoms with Crippen molar-refractivity contribution in [3.8, 4) is 11.5 Å². The Hall–Kier alpha value is -3.02. The second-order valence-corrected chi connectivity index (χ2v) is 7.36. The molecule has 148 valence electrons. The second kappa shape index (κ2) is 8.78. The van der Waals surface area contributed by atoms with Gasteiger partial charge in [0.25, 0.3) is 0 Å². The molecule has 0 bridgehead atoms. The van der Waals surface area contributed by atoms with Gasteiger partial charge in [0.05, 0.1) is 6.54 Å². The van der Waals surface area contributed by atoms with Crippen LogP contribution in [0.4, 0.5) is 5.69 Å². The van der Waals surface area contributed by atoms with Crippen LogP contribution >= 0.6 is 0 Å². The lowest BCUT2D eigenvalue weighted by atomic mass is 9.85. The van der Waals surface area contributed by atoms with Gasteiger partial charge in [0.15, 0.2) is 11.5 Å². The van der Waals surface area contributed by atoms with Crippen LogP contribution < -0.4 is 20.1 Å². The monoisotopic (exact) mass is 382 g/mol. The Morgan fingerprint density at radius 3 is 2.43 bits per heavy atom. The van der Waals surface area contributed by atoms with Crippen LogP contribution in [0.5, 0.6) is 11.5 Å². The number of benzene rings is 2. The summed E-state index contributed by atoms with van der Waals surface area (Å²) in [5.41, 5.74) is 2.93. The Bertz CT molecular complexity index is 846. The molecule has 0 saturated carbocycles. The van der Waals surface area contributed by atoms with Gasteiger partial charge in [-0.1, -0.05) is 43.7 Å². The molecule has 2 amide bonds. The SMILES string of the molecule is Cc1ccc(C(CC(=O)NCC(=O)Nc2ccc3c(c2)OCO3)C(C)C)cc1. The molecule has 1 atom stereocenters. The van der Waals surface area contributed by atoms with Gasteiger partial charge in [-0.2, -0.15) is 0 Å². The van der Waals surface area contributed by atoms with Gasteiger partial charge >= 0.3 is 0 Å². The predicted octanol–water partition coefficient (Wildman–Crippen LogP) is 3.61. The van der Waals surface area contributed by atoms with Crippen molar-refractivity contribution in [3.63, 3.8) is 0 Å². The topological polar surface area (TPSA) is 76.7 Å². The third kappa shape index (κ3) is 5.03. The summed E-state index contributed by atoms with van der Waals surface area (Å²) in [5.74, 6) is 1.25. The van der Waals surface area contributed by atoms with E-state index in [0.717, 1.165) is 5.56 Å². The minimum Gasteiger partial charge on any atom is -0.454 e. The average Bonchev–Trinajstić information content (AvgIpc) is 3.13. The molecular formula is C22H26N2O4. The van der Waals surface area contributed by atoms with Crippen LogP contribution in [0.3, 0.4) is 0 Å². The number of nitrogens with one attached hydrogen (secondary N) is 2. The van der Waals surface area contributed by atoms with Crippen LogP contribution in [0.25, 0.3) is 0 Å². The van der Waals surface area contributed by atoms with E-state index < -0.39 is 0 Å². The molecule has 0 aromatic heterocycles. The Balaban J connectivity index is 1.51. The van der Waals surface area contributed by atoms with Crippen LogP contribution in [0.15, 0.2) is 42.5 Å². The minimum absolute atomic E-state index is 0.0774. The summed E-state index contributed by atoms with van der Waals surface area (Å²) in [6.45, 7) is 6.35. The van der Waals surface area contributed by atoms with Gasteiger partial charge < -0.3 is 20.1 Å². The van der Waals surface area contributed by atoms with Crippen molar-refractivity contribution in [2.75, 3.05) is 18.7 Å². The van der Waals surface area contributed by atoms with E-state index in [4.69, 9.17) is 9.47 Å². The fraction of sp³-hybridized carbons (Fsp3) is 0.364. The number of carbonyl (C=O) groups is 2. The minimum atomic E-state index is -0.288. The smallest absolute Gasteiger partial charge is 0.243 e. The van der Waals surface area contributed by atoms with Crippen molar-refractivity contribution in [1.82, 2.24) is 5.32 Å². The standard InChI is InChI=1S/C22H26N2O4/c1-14(2)18(16-6-4-15(3)5-7-16)11-21(25)23-12-22(26)24-17-8-9-19-20(10-17)28-13-27-19/h4-10,14,18H,11-13H2,1-3H3,(H,23,25)(H,24,26). The first-order valence-electron chi connectivity index (χ1n) is 9.45. The second-order valence-electron chi connectivity index (χ2n) is 7.36. The first-order valence-corrected chi connectivity index (χ1v) is 9.45. The highest BCUT2D eigenvalue weighted by Crippen LogP contribution is 2.34. The van der Waals surface area contributed by atoms with Crippen LogP contribution in [0.2, 0.25) is 0 Å². The van der Waals surface area contributed by atoms with Gasteiger partial charge in [-0.3, -0.25) is 9.59 Å². The summed E-state index contributed by atoms with van der Waals surface area (Å²) < 4.78 is 10.5. The molecule has 1 aliphatic rings. The van der Waals surface area contributed by atoms with Crippen molar-refractivity contribution in [1.29, 1.82) is 0 Å². The zero-order valence-corrected chi connectivity index (χ0v) is 16.5. The number of fused-ring (bicyclic) bond motifs is 1. The summed E-state index contributed by atoms with van der Waals surface area (Å²) >= 11 is 0. The van der Waals surface area contributed by atoms with Crippen molar-refractivity contribution in [2.24, 2.45) is 5.92 Å². The highest BCUT2D eigenvalue weighted by molar-refractivity contribution is 5.94. The van der Waals surface area contributed by atoms with E-state index in [9.17, 15) is 9.59 Å². The molecule has 1 aliphatic heterocycles. The quantitative estimate of drug-likeness (QED) is 0.767. The summed E-state index contributed by atoms with van der Waals surface area (Å²) in [5, 5.41) is 5.47. The van der Waals surface area contributed by atoms with E-state index in [1.54, 1.807) is 18.2 Å².